The van der Waals surface area contributed by atoms with Crippen molar-refractivity contribution in [2.24, 2.45) is 0 Å². The Morgan fingerprint density at radius 2 is 1.75 bits per heavy atom. The molecule has 6 aromatic rings. The van der Waals surface area contributed by atoms with Gasteiger partial charge in [0.25, 0.3) is 5.91 Å². The average Bonchev–Trinajstić information content (AvgIpc) is 3.75. The fraction of sp³-hybridized carbons (Fsp3) is 0.390. The van der Waals surface area contributed by atoms with Crippen molar-refractivity contribution in [2.45, 2.75) is 96.6 Å². The summed E-state index contributed by atoms with van der Waals surface area (Å²) in [7, 11) is 0. The van der Waals surface area contributed by atoms with Gasteiger partial charge >= 0.3 is 11.8 Å². The van der Waals surface area contributed by atoms with Crippen molar-refractivity contribution >= 4 is 57.4 Å². The Hall–Kier alpha value is -5.34. The maximum atomic E-state index is 15.0. The Morgan fingerprint density at radius 1 is 0.982 bits per heavy atom. The molecule has 0 saturated carbocycles. The molecule has 2 atom stereocenters. The maximum absolute atomic E-state index is 15.0. The van der Waals surface area contributed by atoms with Crippen LogP contribution in [0.25, 0.3) is 27.9 Å². The monoisotopic (exact) mass is 811 g/mol. The predicted octanol–water partition coefficient (Wildman–Crippen LogP) is 7.43. The van der Waals surface area contributed by atoms with E-state index >= 15 is 0 Å². The topological polar surface area (TPSA) is 133 Å². The van der Waals surface area contributed by atoms with Crippen LogP contribution in [0.4, 0.5) is 9.18 Å². The second-order valence-corrected chi connectivity index (χ2v) is 16.9. The molecule has 0 N–H and O–H groups in total. The number of nitrogens with zero attached hydrogens (tertiary/aromatic N) is 9. The van der Waals surface area contributed by atoms with E-state index in [0.717, 1.165) is 35.1 Å². The van der Waals surface area contributed by atoms with Crippen molar-refractivity contribution < 1.29 is 18.7 Å². The molecule has 13 nitrogen and oxygen atoms in total. The lowest BCUT2D eigenvalue weighted by Crippen LogP contribution is -2.49. The van der Waals surface area contributed by atoms with E-state index in [2.05, 4.69) is 19.9 Å². The highest BCUT2D eigenvalue weighted by atomic mass is 35.5. The van der Waals surface area contributed by atoms with Crippen LogP contribution in [0.5, 0.6) is 0 Å². The number of ether oxygens (including phenoxy) is 1. The van der Waals surface area contributed by atoms with Gasteiger partial charge in [0.05, 0.1) is 30.7 Å². The lowest BCUT2D eigenvalue weighted by atomic mass is 9.97. The number of carbonyl (C=O) groups is 2. The number of pyridine rings is 2. The highest BCUT2D eigenvalue weighted by molar-refractivity contribution is 6.30. The van der Waals surface area contributed by atoms with Crippen LogP contribution in [0.2, 0.25) is 10.3 Å². The predicted molar refractivity (Wildman–Crippen MR) is 213 cm³/mol. The highest BCUT2D eigenvalue weighted by Gasteiger charge is 2.46. The summed E-state index contributed by atoms with van der Waals surface area (Å²) >= 11 is 12.4. The van der Waals surface area contributed by atoms with Crippen LogP contribution in [-0.4, -0.2) is 79.7 Å². The second kappa shape index (κ2) is 13.9. The summed E-state index contributed by atoms with van der Waals surface area (Å²) in [4.78, 5) is 63.5. The maximum Gasteiger partial charge on any atom is 0.410 e. The van der Waals surface area contributed by atoms with E-state index in [1.807, 2.05) is 42.4 Å². The molecule has 3 aliphatic rings. The molecule has 8 heterocycles. The van der Waals surface area contributed by atoms with Crippen LogP contribution in [0.15, 0.2) is 59.7 Å². The number of benzene rings is 1. The number of carbonyl (C=O) groups excluding carboxylic acids is 2. The SMILES string of the molecule is Cc1nc(Cl)nc2c1n(-c1ccc(C(=O)N3CCc4c(n(Cc5ccc(Cl)cc5F)c5ncccc45)C3)nc1)c(=O)n2C1CC2CCC(C1)N2C(=O)OC(C)(C)C. The van der Waals surface area contributed by atoms with E-state index in [1.54, 1.807) is 46.9 Å². The van der Waals surface area contributed by atoms with Crippen molar-refractivity contribution in [3.05, 3.63) is 110 Å². The number of amides is 2. The van der Waals surface area contributed by atoms with Gasteiger partial charge in [0.15, 0.2) is 5.65 Å². The van der Waals surface area contributed by atoms with Crippen LogP contribution in [-0.2, 0) is 24.2 Å². The number of halogens is 3. The van der Waals surface area contributed by atoms with Crippen LogP contribution in [0.1, 0.15) is 85.5 Å². The molecule has 5 aromatic heterocycles. The standard InChI is InChI=1S/C41H40Cl2FN9O4/c1-22-34-36(48-38(43)47-22)53(28-17-25-9-10-26(18-28)51(25)40(56)57-41(2,3)4)39(55)52(34)27-11-12-32(46-19-27)37(54)49-15-13-29-30-6-5-14-45-35(30)50(33(29)21-49)20-23-7-8-24(42)16-31(23)44/h5-8,11-12,14,16,19,25-26,28H,9-10,13,15,17-18,20-21H2,1-4H3. The molecule has 3 aliphatic heterocycles. The summed E-state index contributed by atoms with van der Waals surface area (Å²) in [5.41, 5.74) is 4.27. The first-order valence-electron chi connectivity index (χ1n) is 19.1. The van der Waals surface area contributed by atoms with Gasteiger partial charge in [-0.05, 0) is 113 Å². The molecular formula is C41H40Cl2FN9O4. The molecule has 0 spiro atoms. The third-order valence-electron chi connectivity index (χ3n) is 11.4. The number of piperidine rings is 1. The minimum atomic E-state index is -0.617. The van der Waals surface area contributed by atoms with Crippen LogP contribution in [0, 0.1) is 12.7 Å². The van der Waals surface area contributed by atoms with Crippen molar-refractivity contribution in [1.29, 1.82) is 0 Å². The lowest BCUT2D eigenvalue weighted by molar-refractivity contribution is 0.00295. The van der Waals surface area contributed by atoms with Gasteiger partial charge in [-0.3, -0.25) is 13.9 Å². The summed E-state index contributed by atoms with van der Waals surface area (Å²) in [6, 6.07) is 11.4. The van der Waals surface area contributed by atoms with Gasteiger partial charge in [-0.15, -0.1) is 0 Å². The average molecular weight is 813 g/mol. The first-order chi connectivity index (χ1) is 27.3. The van der Waals surface area contributed by atoms with E-state index < -0.39 is 11.4 Å². The van der Waals surface area contributed by atoms with Crippen molar-refractivity contribution in [3.8, 4) is 5.69 Å². The molecule has 2 bridgehead atoms. The largest absolute Gasteiger partial charge is 0.444 e. The Morgan fingerprint density at radius 3 is 2.46 bits per heavy atom. The van der Waals surface area contributed by atoms with Gasteiger partial charge in [-0.1, -0.05) is 17.7 Å². The van der Waals surface area contributed by atoms with Crippen molar-refractivity contribution in [3.63, 3.8) is 0 Å². The van der Waals surface area contributed by atoms with E-state index in [9.17, 15) is 18.8 Å². The molecule has 9 rings (SSSR count). The normalized spacial score (nSPS) is 19.4. The first-order valence-corrected chi connectivity index (χ1v) is 19.8. The molecule has 1 aromatic carbocycles. The number of hydrogen-bond acceptors (Lipinski definition) is 8. The smallest absolute Gasteiger partial charge is 0.410 e. The lowest BCUT2D eigenvalue weighted by Gasteiger charge is -2.39. The Kier molecular flexibility index (Phi) is 9.11. The van der Waals surface area contributed by atoms with Gasteiger partial charge in [0.2, 0.25) is 5.28 Å². The molecule has 0 radical (unpaired) electrons. The zero-order valence-corrected chi connectivity index (χ0v) is 33.4. The molecule has 0 aliphatic carbocycles. The summed E-state index contributed by atoms with van der Waals surface area (Å²) in [6.07, 6.45) is 6.24. The van der Waals surface area contributed by atoms with Crippen molar-refractivity contribution in [2.75, 3.05) is 6.54 Å². The van der Waals surface area contributed by atoms with Gasteiger partial charge in [0.1, 0.15) is 28.3 Å². The highest BCUT2D eigenvalue weighted by Crippen LogP contribution is 2.42. The third kappa shape index (κ3) is 6.52. The molecular weight excluding hydrogens is 772 g/mol. The van der Waals surface area contributed by atoms with Crippen LogP contribution in [0.3, 0.4) is 0 Å². The molecule has 2 amide bonds. The van der Waals surface area contributed by atoms with Gasteiger partial charge in [0, 0.05) is 52.5 Å². The molecule has 57 heavy (non-hydrogen) atoms. The summed E-state index contributed by atoms with van der Waals surface area (Å²) in [5.74, 6) is -0.687. The minimum absolute atomic E-state index is 0.0249. The van der Waals surface area contributed by atoms with Gasteiger partial charge in [-0.25, -0.2) is 28.9 Å². The van der Waals surface area contributed by atoms with E-state index in [0.29, 0.717) is 58.9 Å². The van der Waals surface area contributed by atoms with Crippen LogP contribution >= 0.6 is 23.2 Å². The van der Waals surface area contributed by atoms with E-state index in [1.165, 1.54) is 16.8 Å². The molecule has 2 unspecified atom stereocenters. The molecule has 2 saturated heterocycles. The quantitative estimate of drug-likeness (QED) is 0.164. The number of hydrogen-bond donors (Lipinski definition) is 0. The first kappa shape index (κ1) is 37.2. The summed E-state index contributed by atoms with van der Waals surface area (Å²) in [5, 5.41) is 1.32. The molecule has 2 fully saturated rings. The summed E-state index contributed by atoms with van der Waals surface area (Å²) < 4.78 is 25.9. The fourth-order valence-corrected chi connectivity index (χ4v) is 9.38. The zero-order chi connectivity index (χ0) is 39.9. The van der Waals surface area contributed by atoms with Crippen molar-refractivity contribution in [1.82, 2.24) is 43.4 Å². The zero-order valence-electron chi connectivity index (χ0n) is 31.9. The van der Waals surface area contributed by atoms with Gasteiger partial charge < -0.3 is 19.1 Å². The number of aromatic nitrogens is 7. The van der Waals surface area contributed by atoms with Gasteiger partial charge in [-0.2, -0.15) is 4.98 Å². The molecule has 16 heteroatoms. The third-order valence-corrected chi connectivity index (χ3v) is 11.8. The Bertz CT molecular complexity index is 2650. The minimum Gasteiger partial charge on any atom is -0.444 e. The Balaban J connectivity index is 1.01. The number of imidazole rings is 1. The second-order valence-electron chi connectivity index (χ2n) is 16.1. The van der Waals surface area contributed by atoms with E-state index in [4.69, 9.17) is 27.9 Å². The Labute approximate surface area is 337 Å². The van der Waals surface area contributed by atoms with E-state index in [-0.39, 0.29) is 59.9 Å². The number of fused-ring (bicyclic) bond motifs is 6. The summed E-state index contributed by atoms with van der Waals surface area (Å²) in [6.45, 7) is 8.30. The van der Waals surface area contributed by atoms with Crippen LogP contribution < -0.4 is 5.69 Å². The number of rotatable bonds is 5. The number of aryl methyl sites for hydroxylation is 1. The molecule has 294 valence electrons. The fourth-order valence-electron chi connectivity index (χ4n) is 9.01.